The standard InChI is InChI=1S/C22H32O4/c1-2-3-4-5-6-7-8-9-10-11-12-15-18-26-22(25)20-17-14-13-16-19(20)21(23)24/h3-4,13-14,16-17H,2,5-12,15,18H2,1H3,(H,23,24)/b4-3+. The first-order valence-electron chi connectivity index (χ1n) is 9.81. The predicted molar refractivity (Wildman–Crippen MR) is 105 cm³/mol. The van der Waals surface area contributed by atoms with Gasteiger partial charge in [0.05, 0.1) is 17.7 Å². The van der Waals surface area contributed by atoms with Crippen LogP contribution >= 0.6 is 0 Å². The largest absolute Gasteiger partial charge is 0.478 e. The molecule has 1 N–H and O–H groups in total. The zero-order chi connectivity index (χ0) is 19.0. The summed E-state index contributed by atoms with van der Waals surface area (Å²) in [4.78, 5) is 23.1. The molecule has 0 radical (unpaired) electrons. The van der Waals surface area contributed by atoms with Gasteiger partial charge < -0.3 is 9.84 Å². The molecule has 0 amide bonds. The van der Waals surface area contributed by atoms with Crippen molar-refractivity contribution in [2.75, 3.05) is 6.61 Å². The molecule has 0 fully saturated rings. The molecule has 1 rings (SSSR count). The van der Waals surface area contributed by atoms with Crippen LogP contribution in [0.25, 0.3) is 0 Å². The number of esters is 1. The summed E-state index contributed by atoms with van der Waals surface area (Å²) in [7, 11) is 0. The third kappa shape index (κ3) is 9.40. The molecule has 0 aliphatic rings. The van der Waals surface area contributed by atoms with Crippen molar-refractivity contribution in [3.8, 4) is 0 Å². The summed E-state index contributed by atoms with van der Waals surface area (Å²) in [5.41, 5.74) is 0.108. The minimum absolute atomic E-state index is 0.0114. The molecule has 0 aliphatic heterocycles. The highest BCUT2D eigenvalue weighted by Gasteiger charge is 2.16. The zero-order valence-corrected chi connectivity index (χ0v) is 15.9. The van der Waals surface area contributed by atoms with Gasteiger partial charge in [0.15, 0.2) is 0 Å². The number of carboxylic acid groups (broad SMARTS) is 1. The lowest BCUT2D eigenvalue weighted by molar-refractivity contribution is 0.0487. The molecular weight excluding hydrogens is 328 g/mol. The highest BCUT2D eigenvalue weighted by molar-refractivity contribution is 6.02. The third-order valence-corrected chi connectivity index (χ3v) is 4.28. The topological polar surface area (TPSA) is 63.6 Å². The third-order valence-electron chi connectivity index (χ3n) is 4.28. The minimum Gasteiger partial charge on any atom is -0.478 e. The maximum absolute atomic E-state index is 12.0. The monoisotopic (exact) mass is 360 g/mol. The number of hydrogen-bond acceptors (Lipinski definition) is 3. The van der Waals surface area contributed by atoms with Crippen LogP contribution in [0.15, 0.2) is 36.4 Å². The van der Waals surface area contributed by atoms with Crippen molar-refractivity contribution < 1.29 is 19.4 Å². The quantitative estimate of drug-likeness (QED) is 0.250. The summed E-state index contributed by atoms with van der Waals surface area (Å²) in [5, 5.41) is 9.09. The van der Waals surface area contributed by atoms with Gasteiger partial charge in [-0.3, -0.25) is 0 Å². The summed E-state index contributed by atoms with van der Waals surface area (Å²) < 4.78 is 5.20. The maximum atomic E-state index is 12.0. The number of hydrogen-bond donors (Lipinski definition) is 1. The lowest BCUT2D eigenvalue weighted by atomic mass is 10.1. The van der Waals surface area contributed by atoms with Gasteiger partial charge in [-0.2, -0.15) is 0 Å². The lowest BCUT2D eigenvalue weighted by Gasteiger charge is -2.07. The number of ether oxygens (including phenoxy) is 1. The Hall–Kier alpha value is -2.10. The lowest BCUT2D eigenvalue weighted by Crippen LogP contribution is -2.12. The fraction of sp³-hybridized carbons (Fsp3) is 0.545. The molecule has 26 heavy (non-hydrogen) atoms. The molecular formula is C22H32O4. The van der Waals surface area contributed by atoms with Gasteiger partial charge >= 0.3 is 11.9 Å². The molecule has 1 aromatic rings. The summed E-state index contributed by atoms with van der Waals surface area (Å²) in [5.74, 6) is -1.67. The van der Waals surface area contributed by atoms with Crippen LogP contribution in [0.5, 0.6) is 0 Å². The van der Waals surface area contributed by atoms with Gasteiger partial charge in [0, 0.05) is 0 Å². The Balaban J connectivity index is 2.03. The predicted octanol–water partition coefficient (Wildman–Crippen LogP) is 6.02. The first-order valence-corrected chi connectivity index (χ1v) is 9.81. The van der Waals surface area contributed by atoms with E-state index in [0.717, 1.165) is 25.7 Å². The van der Waals surface area contributed by atoms with Crippen LogP contribution in [-0.2, 0) is 4.74 Å². The molecule has 0 bridgehead atoms. The maximum Gasteiger partial charge on any atom is 0.339 e. The van der Waals surface area contributed by atoms with Gasteiger partial charge in [-0.1, -0.05) is 69.7 Å². The van der Waals surface area contributed by atoms with Crippen molar-refractivity contribution in [3.05, 3.63) is 47.5 Å². The van der Waals surface area contributed by atoms with Crippen LogP contribution in [-0.4, -0.2) is 23.7 Å². The van der Waals surface area contributed by atoms with Gasteiger partial charge in [-0.15, -0.1) is 0 Å². The molecule has 0 aromatic heterocycles. The number of carboxylic acids is 1. The van der Waals surface area contributed by atoms with Crippen LogP contribution < -0.4 is 0 Å². The van der Waals surface area contributed by atoms with E-state index in [4.69, 9.17) is 9.84 Å². The molecule has 0 spiro atoms. The van der Waals surface area contributed by atoms with Crippen molar-refractivity contribution in [2.45, 2.75) is 71.1 Å². The summed E-state index contributed by atoms with van der Waals surface area (Å²) >= 11 is 0. The number of rotatable bonds is 14. The summed E-state index contributed by atoms with van der Waals surface area (Å²) in [6, 6.07) is 6.15. The summed E-state index contributed by atoms with van der Waals surface area (Å²) in [6.45, 7) is 2.50. The van der Waals surface area contributed by atoms with Crippen molar-refractivity contribution in [2.24, 2.45) is 0 Å². The number of aromatic carboxylic acids is 1. The molecule has 0 saturated heterocycles. The molecule has 0 saturated carbocycles. The fourth-order valence-electron chi connectivity index (χ4n) is 2.80. The van der Waals surface area contributed by atoms with E-state index >= 15 is 0 Å². The van der Waals surface area contributed by atoms with Crippen molar-refractivity contribution in [1.29, 1.82) is 0 Å². The highest BCUT2D eigenvalue weighted by atomic mass is 16.5. The van der Waals surface area contributed by atoms with Gasteiger partial charge in [-0.05, 0) is 37.8 Å². The van der Waals surface area contributed by atoms with Gasteiger partial charge in [0.1, 0.15) is 0 Å². The number of benzene rings is 1. The van der Waals surface area contributed by atoms with Crippen molar-refractivity contribution in [1.82, 2.24) is 0 Å². The van der Waals surface area contributed by atoms with E-state index in [1.165, 1.54) is 50.7 Å². The first-order chi connectivity index (χ1) is 12.7. The van der Waals surface area contributed by atoms with E-state index in [-0.39, 0.29) is 11.1 Å². The zero-order valence-electron chi connectivity index (χ0n) is 15.9. The fourth-order valence-corrected chi connectivity index (χ4v) is 2.80. The van der Waals surface area contributed by atoms with Crippen LogP contribution in [0.3, 0.4) is 0 Å². The highest BCUT2D eigenvalue weighted by Crippen LogP contribution is 2.12. The van der Waals surface area contributed by atoms with Crippen LogP contribution in [0.2, 0.25) is 0 Å². The number of carbonyl (C=O) groups is 2. The molecule has 1 aromatic carbocycles. The Morgan fingerprint density at radius 1 is 0.885 bits per heavy atom. The molecule has 4 heteroatoms. The van der Waals surface area contributed by atoms with E-state index in [2.05, 4.69) is 19.1 Å². The van der Waals surface area contributed by atoms with Crippen LogP contribution in [0, 0.1) is 0 Å². The Morgan fingerprint density at radius 3 is 2.08 bits per heavy atom. The smallest absolute Gasteiger partial charge is 0.339 e. The van der Waals surface area contributed by atoms with E-state index in [1.807, 2.05) is 0 Å². The Kier molecular flexibility index (Phi) is 11.9. The number of allylic oxidation sites excluding steroid dienone is 2. The molecule has 0 unspecified atom stereocenters. The second kappa shape index (κ2) is 14.1. The Morgan fingerprint density at radius 2 is 1.46 bits per heavy atom. The van der Waals surface area contributed by atoms with E-state index < -0.39 is 11.9 Å². The van der Waals surface area contributed by atoms with Crippen LogP contribution in [0.1, 0.15) is 91.8 Å². The van der Waals surface area contributed by atoms with Crippen LogP contribution in [0.4, 0.5) is 0 Å². The average Bonchev–Trinajstić information content (AvgIpc) is 2.65. The molecule has 0 aliphatic carbocycles. The van der Waals surface area contributed by atoms with E-state index in [0.29, 0.717) is 6.61 Å². The first kappa shape index (κ1) is 21.9. The molecule has 4 nitrogen and oxygen atoms in total. The molecule has 0 heterocycles. The molecule has 144 valence electrons. The van der Waals surface area contributed by atoms with E-state index in [1.54, 1.807) is 12.1 Å². The van der Waals surface area contributed by atoms with Crippen molar-refractivity contribution in [3.63, 3.8) is 0 Å². The number of carbonyl (C=O) groups excluding carboxylic acids is 1. The SMILES string of the molecule is CC/C=C/CCCCCCCCCCOC(=O)c1ccccc1C(=O)O. The molecule has 0 atom stereocenters. The average molecular weight is 360 g/mol. The minimum atomic E-state index is -1.11. The summed E-state index contributed by atoms with van der Waals surface area (Å²) in [6.07, 6.45) is 16.2. The van der Waals surface area contributed by atoms with Crippen molar-refractivity contribution >= 4 is 11.9 Å². The number of unbranched alkanes of at least 4 members (excludes halogenated alkanes) is 8. The van der Waals surface area contributed by atoms with E-state index in [9.17, 15) is 9.59 Å². The second-order valence-electron chi connectivity index (χ2n) is 6.48. The van der Waals surface area contributed by atoms with Gasteiger partial charge in [0.2, 0.25) is 0 Å². The Bertz CT molecular complexity index is 563. The van der Waals surface area contributed by atoms with Gasteiger partial charge in [0.25, 0.3) is 0 Å². The Labute approximate surface area is 157 Å². The second-order valence-corrected chi connectivity index (χ2v) is 6.48. The normalized spacial score (nSPS) is 11.0. The van der Waals surface area contributed by atoms with Gasteiger partial charge in [-0.25, -0.2) is 9.59 Å².